The number of methoxy groups -OCH3 is 1. The van der Waals surface area contributed by atoms with Gasteiger partial charge in [-0.1, -0.05) is 12.1 Å². The van der Waals surface area contributed by atoms with E-state index >= 15 is 0 Å². The highest BCUT2D eigenvalue weighted by Crippen LogP contribution is 2.12. The van der Waals surface area contributed by atoms with Crippen LogP contribution in [0.1, 0.15) is 12.0 Å². The fourth-order valence-electron chi connectivity index (χ4n) is 1.18. The average Bonchev–Trinajstić information content (AvgIpc) is 2.37. The molecule has 1 aromatic carbocycles. The van der Waals surface area contributed by atoms with Crippen LogP contribution in [0.25, 0.3) is 6.08 Å². The molecule has 0 spiro atoms. The summed E-state index contributed by atoms with van der Waals surface area (Å²) in [6.07, 6.45) is 3.78. The van der Waals surface area contributed by atoms with Gasteiger partial charge in [-0.2, -0.15) is 0 Å². The van der Waals surface area contributed by atoms with Crippen LogP contribution in [-0.4, -0.2) is 26.2 Å². The van der Waals surface area contributed by atoms with Crippen LogP contribution in [0.3, 0.4) is 0 Å². The number of ether oxygens (including phenoxy) is 2. The molecule has 4 heteroatoms. The van der Waals surface area contributed by atoms with Gasteiger partial charge in [-0.05, 0) is 36.7 Å². The molecule has 0 atom stereocenters. The predicted octanol–water partition coefficient (Wildman–Crippen LogP) is 1.60. The van der Waals surface area contributed by atoms with Gasteiger partial charge in [-0.25, -0.2) is 4.79 Å². The minimum Gasteiger partial charge on any atom is -0.497 e. The highest BCUT2D eigenvalue weighted by molar-refractivity contribution is 5.87. The molecular weight excluding hydrogens is 218 g/mol. The maximum atomic E-state index is 11.2. The Morgan fingerprint density at radius 3 is 2.65 bits per heavy atom. The first-order valence-corrected chi connectivity index (χ1v) is 5.45. The lowest BCUT2D eigenvalue weighted by Crippen LogP contribution is -2.07. The summed E-state index contributed by atoms with van der Waals surface area (Å²) < 4.78 is 9.95. The van der Waals surface area contributed by atoms with E-state index in [0.717, 1.165) is 11.3 Å². The van der Waals surface area contributed by atoms with Gasteiger partial charge in [0, 0.05) is 6.08 Å². The Hall–Kier alpha value is -1.81. The van der Waals surface area contributed by atoms with E-state index in [0.29, 0.717) is 19.6 Å². The van der Waals surface area contributed by atoms with Crippen LogP contribution < -0.4 is 10.5 Å². The van der Waals surface area contributed by atoms with Crippen LogP contribution in [0, 0.1) is 0 Å². The molecule has 17 heavy (non-hydrogen) atoms. The minimum atomic E-state index is -0.353. The Morgan fingerprint density at radius 2 is 2.06 bits per heavy atom. The Bertz CT molecular complexity index is 371. The molecule has 92 valence electrons. The third-order valence-electron chi connectivity index (χ3n) is 2.12. The number of hydrogen-bond donors (Lipinski definition) is 1. The van der Waals surface area contributed by atoms with Crippen molar-refractivity contribution in [3.8, 4) is 5.75 Å². The smallest absolute Gasteiger partial charge is 0.330 e. The van der Waals surface area contributed by atoms with Crippen molar-refractivity contribution in [2.75, 3.05) is 20.3 Å². The highest BCUT2D eigenvalue weighted by atomic mass is 16.5. The van der Waals surface area contributed by atoms with E-state index in [-0.39, 0.29) is 5.97 Å². The monoisotopic (exact) mass is 235 g/mol. The Kier molecular flexibility index (Phi) is 5.82. The van der Waals surface area contributed by atoms with E-state index in [1.165, 1.54) is 6.08 Å². The van der Waals surface area contributed by atoms with Crippen molar-refractivity contribution in [1.82, 2.24) is 0 Å². The van der Waals surface area contributed by atoms with E-state index in [4.69, 9.17) is 15.2 Å². The Balaban J connectivity index is 2.43. The van der Waals surface area contributed by atoms with Crippen LogP contribution >= 0.6 is 0 Å². The first-order valence-electron chi connectivity index (χ1n) is 5.45. The first-order chi connectivity index (χ1) is 8.26. The second-order valence-corrected chi connectivity index (χ2v) is 3.42. The van der Waals surface area contributed by atoms with Crippen LogP contribution in [0.2, 0.25) is 0 Å². The number of benzene rings is 1. The number of esters is 1. The van der Waals surface area contributed by atoms with Crippen molar-refractivity contribution in [1.29, 1.82) is 0 Å². The fraction of sp³-hybridized carbons (Fsp3) is 0.308. The maximum Gasteiger partial charge on any atom is 0.330 e. The molecule has 0 aliphatic heterocycles. The zero-order chi connectivity index (χ0) is 12.5. The second kappa shape index (κ2) is 7.46. The summed E-state index contributed by atoms with van der Waals surface area (Å²) in [7, 11) is 1.61. The fourth-order valence-corrected chi connectivity index (χ4v) is 1.18. The maximum absolute atomic E-state index is 11.2. The van der Waals surface area contributed by atoms with Gasteiger partial charge in [-0.3, -0.25) is 0 Å². The third-order valence-corrected chi connectivity index (χ3v) is 2.12. The van der Waals surface area contributed by atoms with Gasteiger partial charge in [0.05, 0.1) is 13.7 Å². The largest absolute Gasteiger partial charge is 0.497 e. The van der Waals surface area contributed by atoms with E-state index in [1.807, 2.05) is 24.3 Å². The molecule has 0 aliphatic carbocycles. The Labute approximate surface area is 101 Å². The summed E-state index contributed by atoms with van der Waals surface area (Å²) in [4.78, 5) is 11.2. The molecule has 0 amide bonds. The Morgan fingerprint density at radius 1 is 1.35 bits per heavy atom. The lowest BCUT2D eigenvalue weighted by Gasteiger charge is -2.00. The predicted molar refractivity (Wildman–Crippen MR) is 66.7 cm³/mol. The van der Waals surface area contributed by atoms with Gasteiger partial charge in [0.15, 0.2) is 0 Å². The highest BCUT2D eigenvalue weighted by Gasteiger charge is 1.96. The molecular formula is C13H17NO3. The molecule has 4 nitrogen and oxygen atoms in total. The lowest BCUT2D eigenvalue weighted by atomic mass is 10.2. The number of rotatable bonds is 6. The van der Waals surface area contributed by atoms with E-state index in [9.17, 15) is 4.79 Å². The molecule has 0 aromatic heterocycles. The molecule has 0 radical (unpaired) electrons. The summed E-state index contributed by atoms with van der Waals surface area (Å²) in [5.41, 5.74) is 6.20. The minimum absolute atomic E-state index is 0.353. The second-order valence-electron chi connectivity index (χ2n) is 3.42. The molecule has 0 bridgehead atoms. The standard InChI is InChI=1S/C13H17NO3/c1-16-12-6-3-11(4-7-12)5-8-13(15)17-10-2-9-14/h3-8H,2,9-10,14H2,1H3. The van der Waals surface area contributed by atoms with E-state index in [1.54, 1.807) is 13.2 Å². The van der Waals surface area contributed by atoms with Gasteiger partial charge in [0.2, 0.25) is 0 Å². The van der Waals surface area contributed by atoms with Crippen molar-refractivity contribution in [2.24, 2.45) is 5.73 Å². The quantitative estimate of drug-likeness (QED) is 0.462. The van der Waals surface area contributed by atoms with Gasteiger partial charge in [0.1, 0.15) is 5.75 Å². The van der Waals surface area contributed by atoms with Gasteiger partial charge >= 0.3 is 5.97 Å². The summed E-state index contributed by atoms with van der Waals surface area (Å²) in [6.45, 7) is 0.887. The normalized spacial score (nSPS) is 10.5. The molecule has 1 rings (SSSR count). The van der Waals surface area contributed by atoms with Crippen molar-refractivity contribution in [2.45, 2.75) is 6.42 Å². The molecule has 0 fully saturated rings. The molecule has 0 aliphatic rings. The van der Waals surface area contributed by atoms with Crippen molar-refractivity contribution in [3.05, 3.63) is 35.9 Å². The molecule has 0 unspecified atom stereocenters. The SMILES string of the molecule is COc1ccc(C=CC(=O)OCCCN)cc1. The zero-order valence-corrected chi connectivity index (χ0v) is 9.89. The number of carbonyl (C=O) groups is 1. The van der Waals surface area contributed by atoms with Gasteiger partial charge in [-0.15, -0.1) is 0 Å². The molecule has 0 saturated carbocycles. The number of nitrogens with two attached hydrogens (primary N) is 1. The molecule has 2 N–H and O–H groups in total. The molecule has 0 saturated heterocycles. The van der Waals surface area contributed by atoms with Crippen LogP contribution in [0.15, 0.2) is 30.3 Å². The first kappa shape index (κ1) is 13.3. The summed E-state index contributed by atoms with van der Waals surface area (Å²) >= 11 is 0. The zero-order valence-electron chi connectivity index (χ0n) is 9.89. The topological polar surface area (TPSA) is 61.5 Å². The van der Waals surface area contributed by atoms with Crippen molar-refractivity contribution >= 4 is 12.0 Å². The van der Waals surface area contributed by atoms with Crippen LogP contribution in [-0.2, 0) is 9.53 Å². The van der Waals surface area contributed by atoms with Gasteiger partial charge < -0.3 is 15.2 Å². The van der Waals surface area contributed by atoms with Crippen LogP contribution in [0.5, 0.6) is 5.75 Å². The van der Waals surface area contributed by atoms with Crippen molar-refractivity contribution < 1.29 is 14.3 Å². The number of carbonyl (C=O) groups excluding carboxylic acids is 1. The summed E-state index contributed by atoms with van der Waals surface area (Å²) in [5.74, 6) is 0.432. The molecule has 1 aromatic rings. The average molecular weight is 235 g/mol. The summed E-state index contributed by atoms with van der Waals surface area (Å²) in [6, 6.07) is 7.39. The molecule has 0 heterocycles. The van der Waals surface area contributed by atoms with Crippen molar-refractivity contribution in [3.63, 3.8) is 0 Å². The summed E-state index contributed by atoms with van der Waals surface area (Å²) in [5, 5.41) is 0. The third kappa shape index (κ3) is 5.17. The van der Waals surface area contributed by atoms with E-state index < -0.39 is 0 Å². The number of hydrogen-bond acceptors (Lipinski definition) is 4. The van der Waals surface area contributed by atoms with E-state index in [2.05, 4.69) is 0 Å². The van der Waals surface area contributed by atoms with Crippen LogP contribution in [0.4, 0.5) is 0 Å². The van der Waals surface area contributed by atoms with Gasteiger partial charge in [0.25, 0.3) is 0 Å². The lowest BCUT2D eigenvalue weighted by molar-refractivity contribution is -0.137.